The summed E-state index contributed by atoms with van der Waals surface area (Å²) in [6, 6.07) is 0. The molecule has 16 heavy (non-hydrogen) atoms. The van der Waals surface area contributed by atoms with Crippen molar-refractivity contribution in [2.45, 2.75) is 43.8 Å². The maximum Gasteiger partial charge on any atom is 0.214 e. The highest BCUT2D eigenvalue weighted by Gasteiger charge is 2.39. The van der Waals surface area contributed by atoms with Crippen LogP contribution in [0.3, 0.4) is 0 Å². The van der Waals surface area contributed by atoms with E-state index in [4.69, 9.17) is 0 Å². The fourth-order valence-electron chi connectivity index (χ4n) is 2.52. The minimum Gasteiger partial charge on any atom is -0.319 e. The van der Waals surface area contributed by atoms with E-state index in [0.29, 0.717) is 6.54 Å². The molecule has 4 nitrogen and oxygen atoms in total. The van der Waals surface area contributed by atoms with Crippen molar-refractivity contribution in [3.05, 3.63) is 0 Å². The van der Waals surface area contributed by atoms with Crippen LogP contribution in [0.1, 0.15) is 38.5 Å². The van der Waals surface area contributed by atoms with Gasteiger partial charge in [-0.15, -0.1) is 0 Å². The molecule has 5 heteroatoms. The Labute approximate surface area is 98.2 Å². The van der Waals surface area contributed by atoms with E-state index >= 15 is 0 Å². The molecule has 0 aromatic heterocycles. The lowest BCUT2D eigenvalue weighted by molar-refractivity contribution is 0.139. The lowest BCUT2D eigenvalue weighted by Gasteiger charge is -2.42. The van der Waals surface area contributed by atoms with E-state index < -0.39 is 10.0 Å². The Hall–Kier alpha value is -0.130. The number of rotatable bonds is 6. The van der Waals surface area contributed by atoms with Gasteiger partial charge in [0.25, 0.3) is 0 Å². The van der Waals surface area contributed by atoms with E-state index in [2.05, 4.69) is 10.0 Å². The Balaban J connectivity index is 1.85. The van der Waals surface area contributed by atoms with Crippen molar-refractivity contribution in [1.29, 1.82) is 0 Å². The predicted molar refractivity (Wildman–Crippen MR) is 64.8 cm³/mol. The van der Waals surface area contributed by atoms with Gasteiger partial charge in [-0.1, -0.05) is 12.8 Å². The summed E-state index contributed by atoms with van der Waals surface area (Å²) in [6.07, 6.45) is 6.25. The molecule has 0 aromatic rings. The highest BCUT2D eigenvalue weighted by Crippen LogP contribution is 2.40. The van der Waals surface area contributed by atoms with Crippen molar-refractivity contribution in [3.63, 3.8) is 0 Å². The minimum atomic E-state index is -3.03. The molecule has 2 rings (SSSR count). The van der Waals surface area contributed by atoms with Crippen LogP contribution in [0.5, 0.6) is 0 Å². The van der Waals surface area contributed by atoms with Gasteiger partial charge in [0.2, 0.25) is 10.0 Å². The molecule has 2 N–H and O–H groups in total. The number of sulfonamides is 1. The van der Waals surface area contributed by atoms with Crippen LogP contribution >= 0.6 is 0 Å². The van der Waals surface area contributed by atoms with E-state index in [1.807, 2.05) is 7.05 Å². The van der Waals surface area contributed by atoms with E-state index in [0.717, 1.165) is 38.6 Å². The van der Waals surface area contributed by atoms with Crippen molar-refractivity contribution in [2.75, 3.05) is 20.1 Å². The van der Waals surface area contributed by atoms with Gasteiger partial charge in [0.1, 0.15) is 0 Å². The molecule has 0 atom stereocenters. The van der Waals surface area contributed by atoms with Crippen LogP contribution in [0, 0.1) is 5.41 Å². The molecule has 0 aliphatic heterocycles. The lowest BCUT2D eigenvalue weighted by Crippen LogP contribution is -2.50. The van der Waals surface area contributed by atoms with E-state index in [-0.39, 0.29) is 10.7 Å². The van der Waals surface area contributed by atoms with Gasteiger partial charge in [-0.2, -0.15) is 0 Å². The van der Waals surface area contributed by atoms with Crippen LogP contribution in [-0.2, 0) is 10.0 Å². The van der Waals surface area contributed by atoms with Crippen LogP contribution in [0.2, 0.25) is 0 Å². The van der Waals surface area contributed by atoms with Gasteiger partial charge >= 0.3 is 0 Å². The first kappa shape index (κ1) is 12.3. The molecule has 2 fully saturated rings. The molecule has 0 aromatic carbocycles. The summed E-state index contributed by atoms with van der Waals surface area (Å²) in [7, 11) is -1.10. The fourth-order valence-corrected chi connectivity index (χ4v) is 4.22. The maximum atomic E-state index is 11.9. The second-order valence-corrected chi connectivity index (χ2v) is 7.35. The Morgan fingerprint density at radius 1 is 1.19 bits per heavy atom. The van der Waals surface area contributed by atoms with Crippen molar-refractivity contribution < 1.29 is 8.42 Å². The minimum absolute atomic E-state index is 0.112. The van der Waals surface area contributed by atoms with Gasteiger partial charge in [0.15, 0.2) is 0 Å². The molecular formula is C11H22N2O2S. The van der Waals surface area contributed by atoms with Gasteiger partial charge in [0.05, 0.1) is 5.25 Å². The molecule has 2 aliphatic rings. The van der Waals surface area contributed by atoms with E-state index in [9.17, 15) is 8.42 Å². The molecule has 0 saturated heterocycles. The highest BCUT2D eigenvalue weighted by atomic mass is 32.2. The van der Waals surface area contributed by atoms with Gasteiger partial charge in [-0.05, 0) is 38.1 Å². The summed E-state index contributed by atoms with van der Waals surface area (Å²) in [5.74, 6) is 0. The monoisotopic (exact) mass is 246 g/mol. The van der Waals surface area contributed by atoms with Gasteiger partial charge < -0.3 is 5.32 Å². The smallest absolute Gasteiger partial charge is 0.214 e. The number of hydrogen-bond donors (Lipinski definition) is 2. The zero-order valence-electron chi connectivity index (χ0n) is 9.96. The first-order valence-electron chi connectivity index (χ1n) is 6.21. The average molecular weight is 246 g/mol. The van der Waals surface area contributed by atoms with Crippen molar-refractivity contribution in [3.8, 4) is 0 Å². The molecule has 0 heterocycles. The Morgan fingerprint density at radius 2 is 1.88 bits per heavy atom. The van der Waals surface area contributed by atoms with Crippen LogP contribution < -0.4 is 10.0 Å². The molecular weight excluding hydrogens is 224 g/mol. The first-order valence-corrected chi connectivity index (χ1v) is 7.76. The molecule has 0 amide bonds. The second-order valence-electron chi connectivity index (χ2n) is 5.30. The fraction of sp³-hybridized carbons (Fsp3) is 1.00. The van der Waals surface area contributed by atoms with E-state index in [1.54, 1.807) is 0 Å². The third-order valence-electron chi connectivity index (χ3n) is 4.11. The average Bonchev–Trinajstić information content (AvgIpc) is 2.05. The van der Waals surface area contributed by atoms with Crippen LogP contribution in [-0.4, -0.2) is 33.8 Å². The Morgan fingerprint density at radius 3 is 2.25 bits per heavy atom. The van der Waals surface area contributed by atoms with Crippen molar-refractivity contribution in [1.82, 2.24) is 10.0 Å². The quantitative estimate of drug-likeness (QED) is 0.730. The SMILES string of the molecule is CNCC1(CNS(=O)(=O)C2CCC2)CCC1. The summed E-state index contributed by atoms with van der Waals surface area (Å²) >= 11 is 0. The molecule has 0 bridgehead atoms. The summed E-state index contributed by atoms with van der Waals surface area (Å²) in [5.41, 5.74) is 0.186. The third-order valence-corrected chi connectivity index (χ3v) is 6.00. The third kappa shape index (κ3) is 2.41. The summed E-state index contributed by atoms with van der Waals surface area (Å²) in [4.78, 5) is 0. The normalized spacial score (nSPS) is 24.8. The first-order chi connectivity index (χ1) is 7.58. The zero-order chi connectivity index (χ0) is 11.6. The van der Waals surface area contributed by atoms with Gasteiger partial charge in [0, 0.05) is 13.1 Å². The highest BCUT2D eigenvalue weighted by molar-refractivity contribution is 7.90. The molecule has 0 spiro atoms. The molecule has 0 radical (unpaired) electrons. The summed E-state index contributed by atoms with van der Waals surface area (Å²) < 4.78 is 26.6. The molecule has 2 aliphatic carbocycles. The zero-order valence-corrected chi connectivity index (χ0v) is 10.8. The molecule has 0 unspecified atom stereocenters. The molecule has 2 saturated carbocycles. The van der Waals surface area contributed by atoms with Crippen molar-refractivity contribution in [2.24, 2.45) is 5.41 Å². The standard InChI is InChI=1S/C11H22N2O2S/c1-12-8-11(6-3-7-11)9-13-16(14,15)10-4-2-5-10/h10,12-13H,2-9H2,1H3. The topological polar surface area (TPSA) is 58.2 Å². The maximum absolute atomic E-state index is 11.9. The van der Waals surface area contributed by atoms with E-state index in [1.165, 1.54) is 6.42 Å². The van der Waals surface area contributed by atoms with Crippen LogP contribution in [0.25, 0.3) is 0 Å². The number of hydrogen-bond acceptors (Lipinski definition) is 3. The number of nitrogens with one attached hydrogen (secondary N) is 2. The summed E-state index contributed by atoms with van der Waals surface area (Å²) in [6.45, 7) is 1.53. The van der Waals surface area contributed by atoms with Gasteiger partial charge in [-0.3, -0.25) is 0 Å². The predicted octanol–water partition coefficient (Wildman–Crippen LogP) is 0.848. The Kier molecular flexibility index (Phi) is 3.56. The largest absolute Gasteiger partial charge is 0.319 e. The Bertz CT molecular complexity index is 332. The molecule has 94 valence electrons. The lowest BCUT2D eigenvalue weighted by atomic mass is 9.69. The van der Waals surface area contributed by atoms with Crippen LogP contribution in [0.4, 0.5) is 0 Å². The second kappa shape index (κ2) is 4.63. The van der Waals surface area contributed by atoms with Crippen LogP contribution in [0.15, 0.2) is 0 Å². The summed E-state index contributed by atoms with van der Waals surface area (Å²) in [5, 5.41) is 3.06. The van der Waals surface area contributed by atoms with Crippen molar-refractivity contribution >= 4 is 10.0 Å². The van der Waals surface area contributed by atoms with Gasteiger partial charge in [-0.25, -0.2) is 13.1 Å².